The third-order valence-electron chi connectivity index (χ3n) is 4.73. The van der Waals surface area contributed by atoms with Gasteiger partial charge in [-0.1, -0.05) is 13.0 Å². The lowest BCUT2D eigenvalue weighted by molar-refractivity contribution is 0.230. The molecule has 0 radical (unpaired) electrons. The number of nitrogens with zero attached hydrogens (tertiary/aromatic N) is 3. The Kier molecular flexibility index (Phi) is 5.09. The maximum absolute atomic E-state index is 4.51. The molecule has 2 aliphatic heterocycles. The fraction of sp³-hybridized carbons (Fsp3) is 0.706. The zero-order valence-corrected chi connectivity index (χ0v) is 13.2. The Morgan fingerprint density at radius 3 is 2.95 bits per heavy atom. The van der Waals surface area contributed by atoms with Gasteiger partial charge in [-0.2, -0.15) is 0 Å². The molecule has 1 atom stereocenters. The summed E-state index contributed by atoms with van der Waals surface area (Å²) in [5.74, 6) is 1.07. The Morgan fingerprint density at radius 1 is 1.29 bits per heavy atom. The second kappa shape index (κ2) is 7.23. The summed E-state index contributed by atoms with van der Waals surface area (Å²) in [6.07, 6.45) is 7.14. The largest absolute Gasteiger partial charge is 0.370 e. The van der Waals surface area contributed by atoms with Crippen LogP contribution in [0.25, 0.3) is 0 Å². The van der Waals surface area contributed by atoms with Crippen LogP contribution in [0.2, 0.25) is 0 Å². The highest BCUT2D eigenvalue weighted by Gasteiger charge is 2.29. The number of hydrogen-bond acceptors (Lipinski definition) is 4. The predicted octanol–water partition coefficient (Wildman–Crippen LogP) is 2.57. The molecule has 1 aromatic heterocycles. The van der Waals surface area contributed by atoms with Crippen molar-refractivity contribution in [1.29, 1.82) is 0 Å². The zero-order valence-electron chi connectivity index (χ0n) is 13.2. The van der Waals surface area contributed by atoms with Gasteiger partial charge in [0.05, 0.1) is 0 Å². The molecule has 0 spiro atoms. The first-order valence-electron chi connectivity index (χ1n) is 8.51. The first-order valence-corrected chi connectivity index (χ1v) is 8.51. The second-order valence-electron chi connectivity index (χ2n) is 6.36. The van der Waals surface area contributed by atoms with E-state index in [4.69, 9.17) is 0 Å². The number of anilines is 1. The Bertz CT molecular complexity index is 442. The van der Waals surface area contributed by atoms with Crippen molar-refractivity contribution >= 4 is 5.82 Å². The van der Waals surface area contributed by atoms with Gasteiger partial charge in [0.1, 0.15) is 5.82 Å². The van der Waals surface area contributed by atoms with Crippen LogP contribution in [0.3, 0.4) is 0 Å². The van der Waals surface area contributed by atoms with Gasteiger partial charge < -0.3 is 5.32 Å². The van der Waals surface area contributed by atoms with Crippen LogP contribution >= 0.6 is 0 Å². The molecule has 0 aliphatic carbocycles. The summed E-state index contributed by atoms with van der Waals surface area (Å²) in [5, 5.41) is 3.46. The highest BCUT2D eigenvalue weighted by molar-refractivity contribution is 5.43. The molecule has 0 saturated carbocycles. The summed E-state index contributed by atoms with van der Waals surface area (Å²) in [7, 11) is 0. The van der Waals surface area contributed by atoms with E-state index in [0.717, 1.165) is 31.4 Å². The fourth-order valence-corrected chi connectivity index (χ4v) is 3.57. The van der Waals surface area contributed by atoms with E-state index in [-0.39, 0.29) is 0 Å². The van der Waals surface area contributed by atoms with Gasteiger partial charge in [0.25, 0.3) is 0 Å². The fourth-order valence-electron chi connectivity index (χ4n) is 3.57. The molecule has 2 aliphatic rings. The van der Waals surface area contributed by atoms with Crippen molar-refractivity contribution in [3.05, 3.63) is 23.9 Å². The lowest BCUT2D eigenvalue weighted by Crippen LogP contribution is -2.35. The van der Waals surface area contributed by atoms with Crippen LogP contribution in [-0.2, 0) is 6.54 Å². The molecule has 0 aromatic carbocycles. The molecule has 4 nitrogen and oxygen atoms in total. The average molecular weight is 288 g/mol. The summed E-state index contributed by atoms with van der Waals surface area (Å²) in [6, 6.07) is 5.06. The quantitative estimate of drug-likeness (QED) is 0.872. The summed E-state index contributed by atoms with van der Waals surface area (Å²) in [5.41, 5.74) is 1.34. The maximum Gasteiger partial charge on any atom is 0.130 e. The van der Waals surface area contributed by atoms with Crippen LogP contribution in [0.1, 0.15) is 38.2 Å². The van der Waals surface area contributed by atoms with Crippen molar-refractivity contribution in [2.24, 2.45) is 0 Å². The molecule has 0 amide bonds. The molecular formula is C17H28N4. The van der Waals surface area contributed by atoms with Crippen LogP contribution in [0, 0.1) is 0 Å². The summed E-state index contributed by atoms with van der Waals surface area (Å²) >= 11 is 0. The van der Waals surface area contributed by atoms with Crippen molar-refractivity contribution in [2.75, 3.05) is 38.0 Å². The Labute approximate surface area is 128 Å². The van der Waals surface area contributed by atoms with Crippen molar-refractivity contribution in [1.82, 2.24) is 14.8 Å². The smallest absolute Gasteiger partial charge is 0.130 e. The summed E-state index contributed by atoms with van der Waals surface area (Å²) in [4.78, 5) is 9.79. The van der Waals surface area contributed by atoms with E-state index in [1.54, 1.807) is 0 Å². The highest BCUT2D eigenvalue weighted by atomic mass is 15.3. The average Bonchev–Trinajstić information content (AvgIpc) is 3.17. The molecule has 1 unspecified atom stereocenters. The van der Waals surface area contributed by atoms with Gasteiger partial charge in [0.2, 0.25) is 0 Å². The molecule has 21 heavy (non-hydrogen) atoms. The molecule has 116 valence electrons. The molecule has 1 aromatic rings. The normalized spacial score (nSPS) is 23.8. The predicted molar refractivity (Wildman–Crippen MR) is 87.5 cm³/mol. The molecule has 2 fully saturated rings. The SMILES string of the molecule is CCCNc1ncccc1CN1CCC(N2CCCC2)C1. The lowest BCUT2D eigenvalue weighted by atomic mass is 10.2. The van der Waals surface area contributed by atoms with Gasteiger partial charge in [0, 0.05) is 44.0 Å². The lowest BCUT2D eigenvalue weighted by Gasteiger charge is -2.24. The Balaban J connectivity index is 1.57. The number of rotatable bonds is 6. The van der Waals surface area contributed by atoms with Crippen molar-refractivity contribution in [3.8, 4) is 0 Å². The Hall–Kier alpha value is -1.13. The van der Waals surface area contributed by atoms with Gasteiger partial charge in [-0.25, -0.2) is 4.98 Å². The third kappa shape index (κ3) is 3.74. The van der Waals surface area contributed by atoms with Crippen molar-refractivity contribution < 1.29 is 0 Å². The summed E-state index contributed by atoms with van der Waals surface area (Å²) in [6.45, 7) is 9.30. The van der Waals surface area contributed by atoms with Gasteiger partial charge in [-0.05, 0) is 44.8 Å². The van der Waals surface area contributed by atoms with Gasteiger partial charge in [0.15, 0.2) is 0 Å². The van der Waals surface area contributed by atoms with E-state index < -0.39 is 0 Å². The molecule has 3 rings (SSSR count). The number of pyridine rings is 1. The first kappa shape index (κ1) is 14.8. The molecule has 4 heteroatoms. The molecule has 1 N–H and O–H groups in total. The van der Waals surface area contributed by atoms with Crippen LogP contribution in [-0.4, -0.2) is 53.5 Å². The van der Waals surface area contributed by atoms with Crippen LogP contribution in [0.15, 0.2) is 18.3 Å². The minimum atomic E-state index is 0.788. The van der Waals surface area contributed by atoms with Gasteiger partial charge in [-0.3, -0.25) is 9.80 Å². The number of likely N-dealkylation sites (tertiary alicyclic amines) is 2. The van der Waals surface area contributed by atoms with E-state index in [1.807, 2.05) is 6.20 Å². The minimum absolute atomic E-state index is 0.788. The first-order chi connectivity index (χ1) is 10.4. The Morgan fingerprint density at radius 2 is 2.14 bits per heavy atom. The minimum Gasteiger partial charge on any atom is -0.370 e. The van der Waals surface area contributed by atoms with Gasteiger partial charge in [-0.15, -0.1) is 0 Å². The molecule has 3 heterocycles. The van der Waals surface area contributed by atoms with E-state index in [0.29, 0.717) is 0 Å². The van der Waals surface area contributed by atoms with E-state index in [1.165, 1.54) is 51.0 Å². The molecule has 2 saturated heterocycles. The number of aromatic nitrogens is 1. The van der Waals surface area contributed by atoms with Crippen LogP contribution in [0.4, 0.5) is 5.82 Å². The third-order valence-corrected chi connectivity index (χ3v) is 4.73. The van der Waals surface area contributed by atoms with E-state index >= 15 is 0 Å². The maximum atomic E-state index is 4.51. The highest BCUT2D eigenvalue weighted by Crippen LogP contribution is 2.23. The van der Waals surface area contributed by atoms with Crippen LogP contribution < -0.4 is 5.32 Å². The number of nitrogens with one attached hydrogen (secondary N) is 1. The van der Waals surface area contributed by atoms with Gasteiger partial charge >= 0.3 is 0 Å². The summed E-state index contributed by atoms with van der Waals surface area (Å²) < 4.78 is 0. The molecular weight excluding hydrogens is 260 g/mol. The van der Waals surface area contributed by atoms with Crippen LogP contribution in [0.5, 0.6) is 0 Å². The monoisotopic (exact) mass is 288 g/mol. The van der Waals surface area contributed by atoms with E-state index in [2.05, 4.69) is 39.2 Å². The second-order valence-corrected chi connectivity index (χ2v) is 6.36. The van der Waals surface area contributed by atoms with Crippen molar-refractivity contribution in [2.45, 2.75) is 45.2 Å². The van der Waals surface area contributed by atoms with E-state index in [9.17, 15) is 0 Å². The number of hydrogen-bond donors (Lipinski definition) is 1. The molecule has 0 bridgehead atoms. The van der Waals surface area contributed by atoms with Crippen molar-refractivity contribution in [3.63, 3.8) is 0 Å². The standard InChI is InChI=1S/C17H28N4/c1-2-8-18-17-15(6-5-9-19-17)13-20-12-7-16(14-20)21-10-3-4-11-21/h5-6,9,16H,2-4,7-8,10-14H2,1H3,(H,18,19). The topological polar surface area (TPSA) is 31.4 Å². The zero-order chi connectivity index (χ0) is 14.5.